The SMILES string of the molecule is CC(O)CCN(C)C(=O)NCc1ccc(O)c(F)c1. The van der Waals surface area contributed by atoms with Gasteiger partial charge in [0, 0.05) is 20.1 Å². The first kappa shape index (κ1) is 15.2. The smallest absolute Gasteiger partial charge is 0.317 e. The number of carbonyl (C=O) groups is 1. The number of amides is 2. The Morgan fingerprint density at radius 2 is 2.21 bits per heavy atom. The van der Waals surface area contributed by atoms with Crippen LogP contribution in [0, 0.1) is 5.82 Å². The van der Waals surface area contributed by atoms with E-state index in [4.69, 9.17) is 10.2 Å². The van der Waals surface area contributed by atoms with Gasteiger partial charge in [0.15, 0.2) is 11.6 Å². The number of hydrogen-bond donors (Lipinski definition) is 3. The Morgan fingerprint density at radius 3 is 2.79 bits per heavy atom. The van der Waals surface area contributed by atoms with Crippen molar-refractivity contribution in [2.24, 2.45) is 0 Å². The third-order valence-electron chi connectivity index (χ3n) is 2.68. The highest BCUT2D eigenvalue weighted by Gasteiger charge is 2.09. The molecule has 1 aromatic carbocycles. The Balaban J connectivity index is 2.42. The predicted molar refractivity (Wildman–Crippen MR) is 69.2 cm³/mol. The Kier molecular flexibility index (Phi) is 5.57. The van der Waals surface area contributed by atoms with Gasteiger partial charge in [-0.2, -0.15) is 0 Å². The number of phenols is 1. The van der Waals surface area contributed by atoms with Crippen molar-refractivity contribution in [3.63, 3.8) is 0 Å². The van der Waals surface area contributed by atoms with E-state index in [1.54, 1.807) is 14.0 Å². The standard InChI is InChI=1S/C13H19FN2O3/c1-9(17)5-6-16(2)13(19)15-8-10-3-4-12(18)11(14)7-10/h3-4,7,9,17-18H,5-6,8H2,1-2H3,(H,15,19). The molecule has 0 saturated carbocycles. The zero-order valence-corrected chi connectivity index (χ0v) is 11.1. The lowest BCUT2D eigenvalue weighted by molar-refractivity contribution is 0.163. The number of aromatic hydroxyl groups is 1. The van der Waals surface area contributed by atoms with Crippen LogP contribution >= 0.6 is 0 Å². The lowest BCUT2D eigenvalue weighted by Crippen LogP contribution is -2.38. The summed E-state index contributed by atoms with van der Waals surface area (Å²) in [6, 6.07) is 3.66. The summed E-state index contributed by atoms with van der Waals surface area (Å²) in [4.78, 5) is 13.1. The van der Waals surface area contributed by atoms with E-state index in [0.29, 0.717) is 18.5 Å². The second-order valence-corrected chi connectivity index (χ2v) is 4.50. The molecule has 3 N–H and O–H groups in total. The molecule has 1 aromatic rings. The largest absolute Gasteiger partial charge is 0.505 e. The van der Waals surface area contributed by atoms with Crippen LogP contribution < -0.4 is 5.32 Å². The molecule has 1 unspecified atom stereocenters. The molecule has 0 aliphatic heterocycles. The van der Waals surface area contributed by atoms with Gasteiger partial charge in [0.25, 0.3) is 0 Å². The third-order valence-corrected chi connectivity index (χ3v) is 2.68. The number of nitrogens with one attached hydrogen (secondary N) is 1. The zero-order valence-electron chi connectivity index (χ0n) is 11.1. The Labute approximate surface area is 111 Å². The monoisotopic (exact) mass is 270 g/mol. The van der Waals surface area contributed by atoms with Crippen LogP contribution in [-0.2, 0) is 6.54 Å². The molecule has 5 nitrogen and oxygen atoms in total. The molecular weight excluding hydrogens is 251 g/mol. The van der Waals surface area contributed by atoms with E-state index in [9.17, 15) is 9.18 Å². The molecule has 1 atom stereocenters. The van der Waals surface area contributed by atoms with Crippen molar-refractivity contribution < 1.29 is 19.4 Å². The molecule has 0 bridgehead atoms. The van der Waals surface area contributed by atoms with Gasteiger partial charge in [-0.05, 0) is 31.0 Å². The van der Waals surface area contributed by atoms with Crippen molar-refractivity contribution >= 4 is 6.03 Å². The van der Waals surface area contributed by atoms with Gasteiger partial charge >= 0.3 is 6.03 Å². The van der Waals surface area contributed by atoms with E-state index in [0.717, 1.165) is 0 Å². The second-order valence-electron chi connectivity index (χ2n) is 4.50. The first-order chi connectivity index (χ1) is 8.90. The van der Waals surface area contributed by atoms with Crippen molar-refractivity contribution in [2.45, 2.75) is 26.0 Å². The molecule has 0 radical (unpaired) electrons. The van der Waals surface area contributed by atoms with Crippen LogP contribution in [0.2, 0.25) is 0 Å². The topological polar surface area (TPSA) is 72.8 Å². The maximum Gasteiger partial charge on any atom is 0.317 e. The van der Waals surface area contributed by atoms with Crippen LogP contribution in [0.1, 0.15) is 18.9 Å². The van der Waals surface area contributed by atoms with Crippen molar-refractivity contribution in [1.82, 2.24) is 10.2 Å². The number of urea groups is 1. The summed E-state index contributed by atoms with van der Waals surface area (Å²) in [5.41, 5.74) is 0.563. The lowest BCUT2D eigenvalue weighted by atomic mass is 10.2. The fraction of sp³-hybridized carbons (Fsp3) is 0.462. The van der Waals surface area contributed by atoms with E-state index in [1.807, 2.05) is 0 Å². The maximum absolute atomic E-state index is 13.1. The minimum Gasteiger partial charge on any atom is -0.505 e. The van der Waals surface area contributed by atoms with Gasteiger partial charge in [-0.1, -0.05) is 6.07 Å². The van der Waals surface area contributed by atoms with E-state index in [2.05, 4.69) is 5.32 Å². The van der Waals surface area contributed by atoms with Crippen LogP contribution in [0.25, 0.3) is 0 Å². The molecule has 106 valence electrons. The van der Waals surface area contributed by atoms with Crippen LogP contribution in [0.15, 0.2) is 18.2 Å². The second kappa shape index (κ2) is 6.94. The van der Waals surface area contributed by atoms with Crippen LogP contribution in [-0.4, -0.2) is 40.8 Å². The highest BCUT2D eigenvalue weighted by molar-refractivity contribution is 5.73. The number of hydrogen-bond acceptors (Lipinski definition) is 3. The fourth-order valence-corrected chi connectivity index (χ4v) is 1.46. The van der Waals surface area contributed by atoms with Gasteiger partial charge in [-0.15, -0.1) is 0 Å². The number of benzene rings is 1. The summed E-state index contributed by atoms with van der Waals surface area (Å²) in [6.07, 6.45) is 0.0408. The molecule has 0 aliphatic rings. The highest BCUT2D eigenvalue weighted by atomic mass is 19.1. The van der Waals surface area contributed by atoms with E-state index < -0.39 is 17.7 Å². The molecule has 6 heteroatoms. The number of halogens is 1. The van der Waals surface area contributed by atoms with Gasteiger partial charge in [-0.3, -0.25) is 0 Å². The molecule has 0 aromatic heterocycles. The number of rotatable bonds is 5. The predicted octanol–water partition coefficient (Wildman–Crippen LogP) is 1.44. The quantitative estimate of drug-likeness (QED) is 0.758. The van der Waals surface area contributed by atoms with E-state index in [1.165, 1.54) is 23.1 Å². The van der Waals surface area contributed by atoms with Crippen molar-refractivity contribution in [3.8, 4) is 5.75 Å². The molecule has 19 heavy (non-hydrogen) atoms. The highest BCUT2D eigenvalue weighted by Crippen LogP contribution is 2.15. The van der Waals surface area contributed by atoms with Crippen molar-refractivity contribution in [2.75, 3.05) is 13.6 Å². The first-order valence-electron chi connectivity index (χ1n) is 6.04. The summed E-state index contributed by atoms with van der Waals surface area (Å²) >= 11 is 0. The molecule has 2 amide bonds. The maximum atomic E-state index is 13.1. The summed E-state index contributed by atoms with van der Waals surface area (Å²) in [5.74, 6) is -1.13. The number of carbonyl (C=O) groups excluding carboxylic acids is 1. The summed E-state index contributed by atoms with van der Waals surface area (Å²) in [7, 11) is 1.62. The van der Waals surface area contributed by atoms with Crippen molar-refractivity contribution in [3.05, 3.63) is 29.6 Å². The van der Waals surface area contributed by atoms with Crippen LogP contribution in [0.3, 0.4) is 0 Å². The van der Waals surface area contributed by atoms with E-state index in [-0.39, 0.29) is 12.6 Å². The van der Waals surface area contributed by atoms with Gasteiger partial charge in [-0.25, -0.2) is 9.18 Å². The summed E-state index contributed by atoms with van der Waals surface area (Å²) in [5, 5.41) is 20.8. The number of aliphatic hydroxyl groups excluding tert-OH is 1. The van der Waals surface area contributed by atoms with Gasteiger partial charge < -0.3 is 20.4 Å². The molecular formula is C13H19FN2O3. The number of phenolic OH excluding ortho intramolecular Hbond substituents is 1. The van der Waals surface area contributed by atoms with Gasteiger partial charge in [0.05, 0.1) is 6.10 Å². The molecule has 0 spiro atoms. The van der Waals surface area contributed by atoms with Gasteiger partial charge in [0.1, 0.15) is 0 Å². The minimum absolute atomic E-state index is 0.176. The zero-order chi connectivity index (χ0) is 14.4. The van der Waals surface area contributed by atoms with Gasteiger partial charge in [0.2, 0.25) is 0 Å². The summed E-state index contributed by atoms with van der Waals surface area (Å²) < 4.78 is 13.1. The first-order valence-corrected chi connectivity index (χ1v) is 6.04. The average molecular weight is 270 g/mol. The number of aliphatic hydroxyl groups is 1. The van der Waals surface area contributed by atoms with Crippen LogP contribution in [0.5, 0.6) is 5.75 Å². The Hall–Kier alpha value is -1.82. The van der Waals surface area contributed by atoms with Crippen molar-refractivity contribution in [1.29, 1.82) is 0 Å². The average Bonchev–Trinajstić information content (AvgIpc) is 2.36. The summed E-state index contributed by atoms with van der Waals surface area (Å²) in [6.45, 7) is 2.27. The normalized spacial score (nSPS) is 12.0. The molecule has 0 aliphatic carbocycles. The van der Waals surface area contributed by atoms with Crippen LogP contribution in [0.4, 0.5) is 9.18 Å². The van der Waals surface area contributed by atoms with E-state index >= 15 is 0 Å². The molecule has 1 rings (SSSR count). The lowest BCUT2D eigenvalue weighted by Gasteiger charge is -2.18. The number of nitrogens with zero attached hydrogens (tertiary/aromatic N) is 1. The third kappa shape index (κ3) is 5.13. The molecule has 0 saturated heterocycles. The molecule has 0 heterocycles. The fourth-order valence-electron chi connectivity index (χ4n) is 1.46. The Bertz CT molecular complexity index is 438. The molecule has 0 fully saturated rings. The minimum atomic E-state index is -0.714. The Morgan fingerprint density at radius 1 is 1.53 bits per heavy atom.